The van der Waals surface area contributed by atoms with E-state index in [1.54, 1.807) is 12.3 Å². The predicted molar refractivity (Wildman–Crippen MR) is 149 cm³/mol. The average molecular weight is 575 g/mol. The van der Waals surface area contributed by atoms with Gasteiger partial charge in [0, 0.05) is 21.0 Å². The van der Waals surface area contributed by atoms with E-state index < -0.39 is 5.91 Å². The van der Waals surface area contributed by atoms with Gasteiger partial charge in [0.25, 0.3) is 5.91 Å². The van der Waals surface area contributed by atoms with E-state index >= 15 is 0 Å². The molecule has 0 atom stereocenters. The second kappa shape index (κ2) is 10.9. The van der Waals surface area contributed by atoms with E-state index in [4.69, 9.17) is 16.3 Å². The SMILES string of the molecule is Cc1cccc2cc(/C=N/NC(=O)COc3ccc(Br)cc3-c3ccnn3-c3ccccc3)c(Cl)nc12. The number of halogens is 2. The summed E-state index contributed by atoms with van der Waals surface area (Å²) in [5, 5.41) is 9.75. The Balaban J connectivity index is 1.29. The van der Waals surface area contributed by atoms with Gasteiger partial charge in [0.15, 0.2) is 6.61 Å². The third kappa shape index (κ3) is 5.55. The predicted octanol–water partition coefficient (Wildman–Crippen LogP) is 6.34. The summed E-state index contributed by atoms with van der Waals surface area (Å²) < 4.78 is 8.58. The van der Waals surface area contributed by atoms with Crippen molar-refractivity contribution < 1.29 is 9.53 Å². The zero-order chi connectivity index (χ0) is 25.8. The van der Waals surface area contributed by atoms with Gasteiger partial charge in [-0.15, -0.1) is 0 Å². The van der Waals surface area contributed by atoms with Crippen molar-refractivity contribution in [1.29, 1.82) is 0 Å². The van der Waals surface area contributed by atoms with Gasteiger partial charge >= 0.3 is 0 Å². The standard InChI is InChI=1S/C28H21BrClN5O2/c1-18-6-5-7-19-14-20(28(30)33-27(18)19)16-31-34-26(36)17-37-25-11-10-21(29)15-23(25)24-12-13-32-35(24)22-8-3-2-4-9-22/h2-16H,17H2,1H3,(H,34,36)/b31-16+. The lowest BCUT2D eigenvalue weighted by Gasteiger charge is -2.13. The molecule has 7 nitrogen and oxygen atoms in total. The first-order chi connectivity index (χ1) is 18.0. The molecule has 9 heteroatoms. The fourth-order valence-corrected chi connectivity index (χ4v) is 4.44. The molecular formula is C28H21BrClN5O2. The largest absolute Gasteiger partial charge is 0.483 e. The summed E-state index contributed by atoms with van der Waals surface area (Å²) in [7, 11) is 0. The number of nitrogens with zero attached hydrogens (tertiary/aromatic N) is 4. The Labute approximate surface area is 226 Å². The number of benzene rings is 3. The summed E-state index contributed by atoms with van der Waals surface area (Å²) in [4.78, 5) is 16.9. The number of hydrazone groups is 1. The fraction of sp³-hybridized carbons (Fsp3) is 0.0714. The molecule has 2 aromatic heterocycles. The molecule has 0 aliphatic heterocycles. The van der Waals surface area contributed by atoms with Crippen LogP contribution in [0.4, 0.5) is 0 Å². The molecule has 0 saturated carbocycles. The van der Waals surface area contributed by atoms with E-state index in [1.807, 2.05) is 84.4 Å². The van der Waals surface area contributed by atoms with Crippen molar-refractivity contribution in [1.82, 2.24) is 20.2 Å². The second-order valence-electron chi connectivity index (χ2n) is 8.20. The molecule has 0 unspecified atom stereocenters. The smallest absolute Gasteiger partial charge is 0.277 e. The molecular weight excluding hydrogens is 554 g/mol. The van der Waals surface area contributed by atoms with Crippen molar-refractivity contribution in [2.75, 3.05) is 6.61 Å². The van der Waals surface area contributed by atoms with Crippen molar-refractivity contribution in [3.8, 4) is 22.7 Å². The number of rotatable bonds is 7. The Morgan fingerprint density at radius 1 is 1.11 bits per heavy atom. The number of fused-ring (bicyclic) bond motifs is 1. The number of carbonyl (C=O) groups is 1. The van der Waals surface area contributed by atoms with Crippen LogP contribution in [-0.2, 0) is 4.79 Å². The monoisotopic (exact) mass is 573 g/mol. The highest BCUT2D eigenvalue weighted by Crippen LogP contribution is 2.34. The molecule has 5 aromatic rings. The van der Waals surface area contributed by atoms with E-state index in [0.717, 1.165) is 37.9 Å². The first-order valence-electron chi connectivity index (χ1n) is 11.4. The number of aromatic nitrogens is 3. The van der Waals surface area contributed by atoms with E-state index in [9.17, 15) is 4.79 Å². The van der Waals surface area contributed by atoms with Gasteiger partial charge in [-0.1, -0.05) is 63.9 Å². The molecule has 5 rings (SSSR count). The Morgan fingerprint density at radius 3 is 2.78 bits per heavy atom. The highest BCUT2D eigenvalue weighted by Gasteiger charge is 2.15. The number of nitrogens with one attached hydrogen (secondary N) is 1. The van der Waals surface area contributed by atoms with Crippen LogP contribution in [0.5, 0.6) is 5.75 Å². The number of para-hydroxylation sites is 2. The van der Waals surface area contributed by atoms with Gasteiger partial charge in [-0.3, -0.25) is 4.79 Å². The van der Waals surface area contributed by atoms with E-state index in [0.29, 0.717) is 16.5 Å². The number of amides is 1. The molecule has 2 heterocycles. The highest BCUT2D eigenvalue weighted by molar-refractivity contribution is 9.10. The molecule has 3 aromatic carbocycles. The molecule has 0 saturated heterocycles. The number of pyridine rings is 1. The molecule has 1 N–H and O–H groups in total. The molecule has 37 heavy (non-hydrogen) atoms. The van der Waals surface area contributed by atoms with Crippen LogP contribution in [-0.4, -0.2) is 33.5 Å². The van der Waals surface area contributed by atoms with Gasteiger partial charge in [-0.05, 0) is 55.0 Å². The number of hydrogen-bond donors (Lipinski definition) is 1. The van der Waals surface area contributed by atoms with Crippen LogP contribution in [0.2, 0.25) is 5.15 Å². The van der Waals surface area contributed by atoms with Crippen molar-refractivity contribution in [3.63, 3.8) is 0 Å². The normalized spacial score (nSPS) is 11.2. The Morgan fingerprint density at radius 2 is 1.95 bits per heavy atom. The third-order valence-corrected chi connectivity index (χ3v) is 6.44. The van der Waals surface area contributed by atoms with Crippen LogP contribution in [0.1, 0.15) is 11.1 Å². The Kier molecular flexibility index (Phi) is 7.30. The molecule has 0 fully saturated rings. The quantitative estimate of drug-likeness (QED) is 0.140. The molecule has 0 aliphatic rings. The number of hydrogen-bond acceptors (Lipinski definition) is 5. The van der Waals surface area contributed by atoms with Crippen molar-refractivity contribution in [3.05, 3.63) is 106 Å². The van der Waals surface area contributed by atoms with Crippen LogP contribution in [0, 0.1) is 6.92 Å². The summed E-state index contributed by atoms with van der Waals surface area (Å²) in [5.41, 5.74) is 7.49. The fourth-order valence-electron chi connectivity index (χ4n) is 3.89. The van der Waals surface area contributed by atoms with Crippen LogP contribution in [0.25, 0.3) is 27.8 Å². The van der Waals surface area contributed by atoms with E-state index in [2.05, 4.69) is 36.5 Å². The number of ether oxygens (including phenoxy) is 1. The highest BCUT2D eigenvalue weighted by atomic mass is 79.9. The Hall–Kier alpha value is -4.01. The molecule has 0 radical (unpaired) electrons. The van der Waals surface area contributed by atoms with Gasteiger partial charge in [0.2, 0.25) is 0 Å². The molecule has 1 amide bonds. The lowest BCUT2D eigenvalue weighted by molar-refractivity contribution is -0.123. The summed E-state index contributed by atoms with van der Waals surface area (Å²) in [5.74, 6) is 0.125. The average Bonchev–Trinajstić information content (AvgIpc) is 3.39. The summed E-state index contributed by atoms with van der Waals surface area (Å²) in [6.07, 6.45) is 3.20. The summed E-state index contributed by atoms with van der Waals surface area (Å²) in [6.45, 7) is 1.75. The van der Waals surface area contributed by atoms with Crippen LogP contribution < -0.4 is 10.2 Å². The van der Waals surface area contributed by atoms with Crippen LogP contribution >= 0.6 is 27.5 Å². The maximum absolute atomic E-state index is 12.5. The first-order valence-corrected chi connectivity index (χ1v) is 12.6. The maximum atomic E-state index is 12.5. The molecule has 0 spiro atoms. The Bertz CT molecular complexity index is 1620. The summed E-state index contributed by atoms with van der Waals surface area (Å²) in [6, 6.07) is 25.1. The lowest BCUT2D eigenvalue weighted by Crippen LogP contribution is -2.24. The van der Waals surface area contributed by atoms with Gasteiger partial charge in [0.05, 0.1) is 29.3 Å². The lowest BCUT2D eigenvalue weighted by atomic mass is 10.1. The van der Waals surface area contributed by atoms with Gasteiger partial charge < -0.3 is 4.74 Å². The minimum Gasteiger partial charge on any atom is -0.483 e. The van der Waals surface area contributed by atoms with E-state index in [1.165, 1.54) is 6.21 Å². The molecule has 0 aliphatic carbocycles. The summed E-state index contributed by atoms with van der Waals surface area (Å²) >= 11 is 9.84. The zero-order valence-corrected chi connectivity index (χ0v) is 22.1. The number of carbonyl (C=O) groups excluding carboxylic acids is 1. The van der Waals surface area contributed by atoms with Crippen LogP contribution in [0.15, 0.2) is 94.6 Å². The third-order valence-electron chi connectivity index (χ3n) is 5.64. The zero-order valence-electron chi connectivity index (χ0n) is 19.7. The maximum Gasteiger partial charge on any atom is 0.277 e. The van der Waals surface area contributed by atoms with Crippen molar-refractivity contribution in [2.45, 2.75) is 6.92 Å². The second-order valence-corrected chi connectivity index (χ2v) is 9.47. The van der Waals surface area contributed by atoms with Crippen molar-refractivity contribution in [2.24, 2.45) is 5.10 Å². The van der Waals surface area contributed by atoms with Gasteiger partial charge in [0.1, 0.15) is 10.9 Å². The van der Waals surface area contributed by atoms with E-state index in [-0.39, 0.29) is 6.61 Å². The molecule has 184 valence electrons. The van der Waals surface area contributed by atoms with Crippen molar-refractivity contribution >= 4 is 50.6 Å². The van der Waals surface area contributed by atoms with Gasteiger partial charge in [-0.25, -0.2) is 15.1 Å². The molecule has 0 bridgehead atoms. The van der Waals surface area contributed by atoms with Gasteiger partial charge in [-0.2, -0.15) is 10.2 Å². The number of aryl methyl sites for hydroxylation is 1. The minimum atomic E-state index is -0.414. The topological polar surface area (TPSA) is 81.4 Å². The van der Waals surface area contributed by atoms with Crippen LogP contribution in [0.3, 0.4) is 0 Å². The first kappa shape index (κ1) is 24.7. The minimum absolute atomic E-state index is 0.228.